The minimum absolute atomic E-state index is 0.0180. The number of aromatic nitrogens is 1. The lowest BCUT2D eigenvalue weighted by Crippen LogP contribution is -2.33. The summed E-state index contributed by atoms with van der Waals surface area (Å²) < 4.78 is 38.1. The molecule has 0 aliphatic heterocycles. The summed E-state index contributed by atoms with van der Waals surface area (Å²) in [6.07, 6.45) is 2.50. The SMILES string of the molecule is COc1c(Cl)cc(CN(CCn2ccc3ccccc32)S(=O)(=O)c2cc(C(=O)CCc3ccccc3)cc(Cl)c2O)cc1-c1ccc(Cl)cc1. The Morgan fingerprint density at radius 1 is 0.840 bits per heavy atom. The number of phenolic OH excluding ortho intramolecular Hbond substituents is 1. The van der Waals surface area contributed by atoms with Gasteiger partial charge in [0.1, 0.15) is 10.6 Å². The molecule has 256 valence electrons. The number of ketones is 1. The van der Waals surface area contributed by atoms with E-state index in [1.54, 1.807) is 18.2 Å². The summed E-state index contributed by atoms with van der Waals surface area (Å²) in [6.45, 7) is 0.199. The number of phenols is 1. The topological polar surface area (TPSA) is 88.8 Å². The number of sulfonamides is 1. The molecular weight excluding hydrogens is 715 g/mol. The van der Waals surface area contributed by atoms with Crippen LogP contribution < -0.4 is 4.74 Å². The molecule has 50 heavy (non-hydrogen) atoms. The minimum Gasteiger partial charge on any atom is -0.505 e. The number of aromatic hydroxyl groups is 1. The Morgan fingerprint density at radius 3 is 2.30 bits per heavy atom. The van der Waals surface area contributed by atoms with Gasteiger partial charge in [0.2, 0.25) is 10.0 Å². The zero-order valence-electron chi connectivity index (χ0n) is 27.0. The van der Waals surface area contributed by atoms with Crippen molar-refractivity contribution in [3.63, 3.8) is 0 Å². The average molecular weight is 748 g/mol. The summed E-state index contributed by atoms with van der Waals surface area (Å²) in [5.41, 5.74) is 4.00. The highest BCUT2D eigenvalue weighted by molar-refractivity contribution is 7.89. The van der Waals surface area contributed by atoms with Crippen molar-refractivity contribution in [1.29, 1.82) is 0 Å². The molecule has 1 heterocycles. The van der Waals surface area contributed by atoms with Gasteiger partial charge in [0, 0.05) is 53.9 Å². The fourth-order valence-corrected chi connectivity index (χ4v) is 8.22. The summed E-state index contributed by atoms with van der Waals surface area (Å²) >= 11 is 19.3. The molecule has 7 nitrogen and oxygen atoms in total. The van der Waals surface area contributed by atoms with Gasteiger partial charge in [-0.15, -0.1) is 0 Å². The van der Waals surface area contributed by atoms with Crippen molar-refractivity contribution >= 4 is 61.5 Å². The molecule has 0 unspecified atom stereocenters. The molecule has 0 amide bonds. The zero-order valence-corrected chi connectivity index (χ0v) is 30.1. The normalized spacial score (nSPS) is 11.7. The molecule has 5 aromatic carbocycles. The standard InChI is InChI=1S/C39H33Cl3N2O5S/c1-49-39-32(28-12-14-31(40)15-13-28)21-27(22-34(39)42)25-44(20-19-43-18-17-29-9-5-6-10-35(29)43)50(47,48)37-24-30(23-33(41)38(37)46)36(45)16-11-26-7-3-2-4-8-26/h2-10,12-15,17-18,21-24,46H,11,16,19-20,25H2,1H3. The first-order chi connectivity index (χ1) is 24.0. The highest BCUT2D eigenvalue weighted by Gasteiger charge is 2.31. The lowest BCUT2D eigenvalue weighted by atomic mass is 10.0. The third kappa shape index (κ3) is 7.70. The molecule has 0 bridgehead atoms. The third-order valence-electron chi connectivity index (χ3n) is 8.54. The fourth-order valence-electron chi connectivity index (χ4n) is 5.95. The third-order valence-corrected chi connectivity index (χ3v) is 11.2. The number of hydrogen-bond donors (Lipinski definition) is 1. The number of para-hydroxylation sites is 1. The number of ether oxygens (including phenoxy) is 1. The molecule has 1 aromatic heterocycles. The molecule has 0 atom stereocenters. The number of hydrogen-bond acceptors (Lipinski definition) is 5. The van der Waals surface area contributed by atoms with E-state index in [-0.39, 0.29) is 35.9 Å². The highest BCUT2D eigenvalue weighted by Crippen LogP contribution is 2.40. The summed E-state index contributed by atoms with van der Waals surface area (Å²) in [4.78, 5) is 12.9. The fraction of sp³-hybridized carbons (Fsp3) is 0.154. The molecule has 0 fully saturated rings. The summed E-state index contributed by atoms with van der Waals surface area (Å²) in [7, 11) is -2.94. The van der Waals surface area contributed by atoms with Gasteiger partial charge < -0.3 is 14.4 Å². The van der Waals surface area contributed by atoms with E-state index in [9.17, 15) is 18.3 Å². The highest BCUT2D eigenvalue weighted by atomic mass is 35.5. The van der Waals surface area contributed by atoms with Gasteiger partial charge in [-0.05, 0) is 77.0 Å². The van der Waals surface area contributed by atoms with Crippen molar-refractivity contribution < 1.29 is 23.1 Å². The van der Waals surface area contributed by atoms with Gasteiger partial charge in [-0.1, -0.05) is 95.5 Å². The zero-order chi connectivity index (χ0) is 35.4. The van der Waals surface area contributed by atoms with Crippen molar-refractivity contribution in [3.05, 3.63) is 147 Å². The Bertz CT molecular complexity index is 2270. The first-order valence-corrected chi connectivity index (χ1v) is 18.4. The van der Waals surface area contributed by atoms with E-state index in [0.717, 1.165) is 22.0 Å². The summed E-state index contributed by atoms with van der Waals surface area (Å²) in [5.74, 6) is -0.499. The maximum absolute atomic E-state index is 14.6. The van der Waals surface area contributed by atoms with Crippen LogP contribution in [0.5, 0.6) is 11.5 Å². The number of carbonyl (C=O) groups is 1. The number of rotatable bonds is 13. The van der Waals surface area contributed by atoms with E-state index in [4.69, 9.17) is 39.5 Å². The van der Waals surface area contributed by atoms with Crippen LogP contribution in [-0.4, -0.2) is 41.8 Å². The Kier molecular flexibility index (Phi) is 10.9. The summed E-state index contributed by atoms with van der Waals surface area (Å²) in [5, 5.41) is 12.7. The van der Waals surface area contributed by atoms with Gasteiger partial charge in [-0.3, -0.25) is 4.79 Å². The van der Waals surface area contributed by atoms with Crippen LogP contribution in [0.25, 0.3) is 22.0 Å². The van der Waals surface area contributed by atoms with E-state index >= 15 is 0 Å². The van der Waals surface area contributed by atoms with Crippen LogP contribution >= 0.6 is 34.8 Å². The van der Waals surface area contributed by atoms with Crippen LogP contribution in [-0.2, 0) is 29.5 Å². The monoisotopic (exact) mass is 746 g/mol. The number of benzene rings is 5. The number of aryl methyl sites for hydroxylation is 1. The Labute approximate surface area is 306 Å². The maximum atomic E-state index is 14.6. The van der Waals surface area contributed by atoms with Gasteiger partial charge in [0.25, 0.3) is 0 Å². The smallest absolute Gasteiger partial charge is 0.247 e. The molecule has 0 saturated carbocycles. The Hall–Kier alpha value is -4.31. The van der Waals surface area contributed by atoms with Crippen molar-refractivity contribution in [3.8, 4) is 22.6 Å². The molecule has 11 heteroatoms. The minimum atomic E-state index is -4.45. The second-order valence-corrected chi connectivity index (χ2v) is 14.9. The number of fused-ring (bicyclic) bond motifs is 1. The van der Waals surface area contributed by atoms with Crippen molar-refractivity contribution in [2.24, 2.45) is 0 Å². The van der Waals surface area contributed by atoms with Gasteiger partial charge in [0.05, 0.1) is 17.2 Å². The molecule has 6 rings (SSSR count). The average Bonchev–Trinajstić information content (AvgIpc) is 3.53. The van der Waals surface area contributed by atoms with Gasteiger partial charge in [-0.25, -0.2) is 8.42 Å². The number of methoxy groups -OCH3 is 1. The first kappa shape index (κ1) is 35.5. The predicted molar refractivity (Wildman–Crippen MR) is 200 cm³/mol. The van der Waals surface area contributed by atoms with Crippen molar-refractivity contribution in [1.82, 2.24) is 8.87 Å². The largest absolute Gasteiger partial charge is 0.505 e. The quantitative estimate of drug-likeness (QED) is 0.119. The number of Topliss-reactive ketones (excluding diaryl/α,β-unsaturated/α-hetero) is 1. The van der Waals surface area contributed by atoms with E-state index < -0.39 is 20.7 Å². The van der Waals surface area contributed by atoms with E-state index in [2.05, 4.69) is 0 Å². The van der Waals surface area contributed by atoms with Gasteiger partial charge in [0.15, 0.2) is 11.5 Å². The molecule has 0 saturated heterocycles. The molecule has 0 aliphatic carbocycles. The first-order valence-electron chi connectivity index (χ1n) is 15.8. The van der Waals surface area contributed by atoms with E-state index in [1.807, 2.05) is 89.6 Å². The lowest BCUT2D eigenvalue weighted by Gasteiger charge is -2.25. The van der Waals surface area contributed by atoms with Gasteiger partial charge in [-0.2, -0.15) is 4.31 Å². The molecule has 0 aliphatic rings. The second-order valence-electron chi connectivity index (χ2n) is 11.8. The number of nitrogens with zero attached hydrogens (tertiary/aromatic N) is 2. The van der Waals surface area contributed by atoms with Crippen LogP contribution in [0.2, 0.25) is 15.1 Å². The van der Waals surface area contributed by atoms with Crippen molar-refractivity contribution in [2.45, 2.75) is 30.8 Å². The lowest BCUT2D eigenvalue weighted by molar-refractivity contribution is 0.0982. The molecule has 6 aromatic rings. The molecule has 0 spiro atoms. The van der Waals surface area contributed by atoms with Crippen LogP contribution in [0.3, 0.4) is 0 Å². The Balaban J connectivity index is 1.39. The maximum Gasteiger partial charge on any atom is 0.247 e. The van der Waals surface area contributed by atoms with E-state index in [1.165, 1.54) is 23.5 Å². The Morgan fingerprint density at radius 2 is 1.56 bits per heavy atom. The molecule has 0 radical (unpaired) electrons. The van der Waals surface area contributed by atoms with Gasteiger partial charge >= 0.3 is 0 Å². The number of carbonyl (C=O) groups excluding carboxylic acids is 1. The van der Waals surface area contributed by atoms with Crippen LogP contribution in [0.1, 0.15) is 27.9 Å². The predicted octanol–water partition coefficient (Wildman–Crippen LogP) is 9.69. The van der Waals surface area contributed by atoms with Crippen molar-refractivity contribution in [2.75, 3.05) is 13.7 Å². The van der Waals surface area contributed by atoms with Crippen LogP contribution in [0.4, 0.5) is 0 Å². The number of halogens is 3. The van der Waals surface area contributed by atoms with Crippen LogP contribution in [0.15, 0.2) is 120 Å². The molecule has 1 N–H and O–H groups in total. The van der Waals surface area contributed by atoms with Crippen LogP contribution in [0, 0.1) is 0 Å². The second kappa shape index (κ2) is 15.3. The molecular formula is C39H33Cl3N2O5S. The van der Waals surface area contributed by atoms with E-state index in [0.29, 0.717) is 39.9 Å². The summed E-state index contributed by atoms with van der Waals surface area (Å²) in [6, 6.07) is 32.4.